The number of amides is 2. The molecule has 0 fully saturated rings. The molecule has 0 aliphatic heterocycles. The first kappa shape index (κ1) is 46.2. The van der Waals surface area contributed by atoms with Crippen LogP contribution in [-0.2, 0) is 29.0 Å². The average molecular weight is 847 g/mol. The van der Waals surface area contributed by atoms with Crippen LogP contribution in [0.4, 0.5) is 9.59 Å². The van der Waals surface area contributed by atoms with Crippen molar-refractivity contribution in [1.29, 1.82) is 0 Å². The van der Waals surface area contributed by atoms with Gasteiger partial charge in [0.1, 0.15) is 23.8 Å². The Bertz CT molecular complexity index is 730. The summed E-state index contributed by atoms with van der Waals surface area (Å²) in [4.78, 5) is 50.4. The van der Waals surface area contributed by atoms with Crippen molar-refractivity contribution in [2.75, 3.05) is 89.6 Å². The molecule has 0 aromatic heterocycles. The maximum Gasteiger partial charge on any atom is 0.408 e. The van der Waals surface area contributed by atoms with Crippen molar-refractivity contribution in [3.63, 3.8) is 0 Å². The first-order valence-electron chi connectivity index (χ1n) is 12.1. The van der Waals surface area contributed by atoms with Gasteiger partial charge in [0.05, 0.1) is 35.4 Å². The predicted octanol–water partition coefficient (Wildman–Crippen LogP) is 5.76. The third-order valence-corrected chi connectivity index (χ3v) is 14.2. The van der Waals surface area contributed by atoms with Crippen LogP contribution in [0.15, 0.2) is 9.98 Å². The molecule has 45 heavy (non-hydrogen) atoms. The zero-order valence-electron chi connectivity index (χ0n) is 24.0. The standard InChI is InChI=1S/C20H38N4O10S11/c25-7-35-5-23-19(27)29-9-40-16-44-14-37-4-22-2-32-34-12-42-18-45-17-41-10-30-20(28)24-6-38-15-43-13-36-3-21-1-31-33-11-39-8-26/h1-2,25-26H,3-18H2,(H,23,27)(H,24,28)/b21-1+,22-2+. The summed E-state index contributed by atoms with van der Waals surface area (Å²) >= 11 is 17.0. The Morgan fingerprint density at radius 3 is 1.47 bits per heavy atom. The number of ether oxygens (including phenoxy) is 2. The Morgan fingerprint density at radius 2 is 0.956 bits per heavy atom. The van der Waals surface area contributed by atoms with Gasteiger partial charge in [0, 0.05) is 30.5 Å². The SMILES string of the molecule is O=C(NCSCO)OCSCSCSC/N=C/OOCSCSCSCOC(=O)NCSCSCSC/N=C/OOCSCO. The molecule has 0 spiro atoms. The highest BCUT2D eigenvalue weighted by Gasteiger charge is 2.02. The fraction of sp³-hybridized carbons (Fsp3) is 0.800. The smallest absolute Gasteiger partial charge is 0.408 e. The van der Waals surface area contributed by atoms with E-state index in [1.165, 1.54) is 59.8 Å². The lowest BCUT2D eigenvalue weighted by molar-refractivity contribution is -0.196. The normalized spacial score (nSPS) is 11.2. The van der Waals surface area contributed by atoms with Gasteiger partial charge in [0.15, 0.2) is 0 Å². The van der Waals surface area contributed by atoms with Gasteiger partial charge in [-0.15, -0.1) is 129 Å². The first-order chi connectivity index (χ1) is 22.2. The molecule has 0 bridgehead atoms. The molecule has 0 heterocycles. The fourth-order valence-electron chi connectivity index (χ4n) is 1.68. The molecule has 4 N–H and O–H groups in total. The number of thioether (sulfide) groups is 11. The van der Waals surface area contributed by atoms with Crippen molar-refractivity contribution in [3.8, 4) is 0 Å². The van der Waals surface area contributed by atoms with Gasteiger partial charge in [-0.25, -0.2) is 19.6 Å². The lowest BCUT2D eigenvalue weighted by Crippen LogP contribution is -2.23. The number of carbonyl (C=O) groups excluding carboxylic acids is 2. The Hall–Kier alpha value is 1.17. The monoisotopic (exact) mass is 846 g/mol. The number of aliphatic hydroxyl groups is 2. The van der Waals surface area contributed by atoms with E-state index < -0.39 is 12.2 Å². The van der Waals surface area contributed by atoms with E-state index in [9.17, 15) is 9.59 Å². The van der Waals surface area contributed by atoms with Crippen LogP contribution >= 0.6 is 129 Å². The van der Waals surface area contributed by atoms with Gasteiger partial charge in [-0.1, -0.05) is 0 Å². The average Bonchev–Trinajstić information content (AvgIpc) is 3.04. The number of carbonyl (C=O) groups is 2. The second kappa shape index (κ2) is 41.3. The maximum absolute atomic E-state index is 11.7. The molecule has 0 aromatic carbocycles. The zero-order valence-corrected chi connectivity index (χ0v) is 33.0. The summed E-state index contributed by atoms with van der Waals surface area (Å²) in [6.45, 7) is 0. The van der Waals surface area contributed by atoms with E-state index in [4.69, 9.17) is 39.2 Å². The summed E-state index contributed by atoms with van der Waals surface area (Å²) in [6.07, 6.45) is 1.61. The predicted molar refractivity (Wildman–Crippen MR) is 206 cm³/mol. The topological polar surface area (TPSA) is 179 Å². The van der Waals surface area contributed by atoms with E-state index in [0.29, 0.717) is 35.4 Å². The summed E-state index contributed by atoms with van der Waals surface area (Å²) in [5.74, 6) is 3.05. The maximum atomic E-state index is 11.7. The van der Waals surface area contributed by atoms with Gasteiger partial charge in [-0.05, 0) is 0 Å². The van der Waals surface area contributed by atoms with E-state index >= 15 is 0 Å². The van der Waals surface area contributed by atoms with Gasteiger partial charge in [-0.3, -0.25) is 0 Å². The van der Waals surface area contributed by atoms with Gasteiger partial charge in [0.25, 0.3) is 0 Å². The van der Waals surface area contributed by atoms with E-state index in [2.05, 4.69) is 20.6 Å². The van der Waals surface area contributed by atoms with Crippen LogP contribution < -0.4 is 10.6 Å². The second-order valence-corrected chi connectivity index (χ2v) is 19.2. The molecule has 25 heteroatoms. The third kappa shape index (κ3) is 41.3. The first-order valence-corrected chi connectivity index (χ1v) is 24.8. The van der Waals surface area contributed by atoms with Crippen LogP contribution in [0.3, 0.4) is 0 Å². The largest absolute Gasteiger partial charge is 0.438 e. The van der Waals surface area contributed by atoms with Crippen LogP contribution in [0, 0.1) is 0 Å². The molecule has 0 saturated heterocycles. The second-order valence-electron chi connectivity index (χ2n) is 6.45. The van der Waals surface area contributed by atoms with Crippen LogP contribution in [0.1, 0.15) is 0 Å². The number of nitrogens with one attached hydrogen (secondary N) is 2. The Morgan fingerprint density at radius 1 is 0.533 bits per heavy atom. The summed E-state index contributed by atoms with van der Waals surface area (Å²) in [5, 5.41) is 27.4. The number of alkyl carbamates (subject to hydrolysis) is 2. The molecule has 0 atom stereocenters. The Labute approximate surface area is 310 Å². The molecule has 2 amide bonds. The molecule has 14 nitrogen and oxygen atoms in total. The van der Waals surface area contributed by atoms with Gasteiger partial charge < -0.3 is 40.1 Å². The fourth-order valence-corrected chi connectivity index (χ4v) is 10.5. The third-order valence-electron chi connectivity index (χ3n) is 3.33. The van der Waals surface area contributed by atoms with Gasteiger partial charge in [0.2, 0.25) is 12.8 Å². The summed E-state index contributed by atoms with van der Waals surface area (Å²) < 4.78 is 10.1. The molecular formula is C20H38N4O10S11. The van der Waals surface area contributed by atoms with Crippen LogP contribution in [0.5, 0.6) is 0 Å². The minimum atomic E-state index is -0.488. The van der Waals surface area contributed by atoms with Crippen molar-refractivity contribution in [2.45, 2.75) is 0 Å². The lowest BCUT2D eigenvalue weighted by Gasteiger charge is -2.06. The van der Waals surface area contributed by atoms with E-state index in [1.807, 2.05) is 0 Å². The van der Waals surface area contributed by atoms with Crippen molar-refractivity contribution in [3.05, 3.63) is 0 Å². The van der Waals surface area contributed by atoms with Crippen LogP contribution in [0.2, 0.25) is 0 Å². The van der Waals surface area contributed by atoms with Gasteiger partial charge >= 0.3 is 12.2 Å². The van der Waals surface area contributed by atoms with Crippen molar-refractivity contribution in [2.24, 2.45) is 9.98 Å². The van der Waals surface area contributed by atoms with Crippen molar-refractivity contribution in [1.82, 2.24) is 10.6 Å². The Balaban J connectivity index is 3.25. The number of rotatable bonds is 34. The van der Waals surface area contributed by atoms with E-state index in [-0.39, 0.29) is 23.8 Å². The molecule has 0 aliphatic rings. The molecular weight excluding hydrogens is 809 g/mol. The minimum absolute atomic E-state index is 0.0187. The molecule has 0 radical (unpaired) electrons. The number of aliphatic hydroxyl groups excluding tert-OH is 2. The minimum Gasteiger partial charge on any atom is -0.438 e. The summed E-state index contributed by atoms with van der Waals surface area (Å²) in [5.41, 5.74) is 0. The summed E-state index contributed by atoms with van der Waals surface area (Å²) in [6, 6.07) is 0. The van der Waals surface area contributed by atoms with E-state index in [1.54, 1.807) is 82.3 Å². The van der Waals surface area contributed by atoms with Crippen molar-refractivity contribution < 1.29 is 48.8 Å². The summed E-state index contributed by atoms with van der Waals surface area (Å²) in [7, 11) is 0. The molecule has 0 unspecified atom stereocenters. The van der Waals surface area contributed by atoms with E-state index in [0.717, 1.165) is 30.5 Å². The highest BCUT2D eigenvalue weighted by molar-refractivity contribution is 8.23. The number of aliphatic imine (C=N–C) groups is 2. The van der Waals surface area contributed by atoms with Crippen molar-refractivity contribution >= 4 is 154 Å². The highest BCUT2D eigenvalue weighted by Crippen LogP contribution is 2.19. The Kier molecular flexibility index (Phi) is 42.4. The molecule has 264 valence electrons. The molecule has 0 rings (SSSR count). The van der Waals surface area contributed by atoms with Crippen LogP contribution in [-0.4, -0.2) is 125 Å². The zero-order chi connectivity index (χ0) is 32.7. The van der Waals surface area contributed by atoms with Crippen LogP contribution in [0.25, 0.3) is 0 Å². The molecule has 0 aliphatic carbocycles. The quantitative estimate of drug-likeness (QED) is 0.0153. The number of hydrogen-bond acceptors (Lipinski definition) is 23. The molecule has 0 saturated carbocycles. The van der Waals surface area contributed by atoms with Gasteiger partial charge in [-0.2, -0.15) is 9.78 Å². The highest BCUT2D eigenvalue weighted by atomic mass is 32.2. The lowest BCUT2D eigenvalue weighted by atomic mass is 11.1. The number of nitrogens with zero attached hydrogens (tertiary/aromatic N) is 2. The molecule has 0 aromatic rings. The number of hydrogen-bond donors (Lipinski definition) is 4.